The largest absolute Gasteiger partial charge is 0.497 e. The third-order valence-electron chi connectivity index (χ3n) is 9.65. The van der Waals surface area contributed by atoms with Crippen molar-refractivity contribution in [3.05, 3.63) is 152 Å². The number of methoxy groups -OCH3 is 2. The van der Waals surface area contributed by atoms with Crippen molar-refractivity contribution in [3.63, 3.8) is 0 Å². The van der Waals surface area contributed by atoms with Crippen molar-refractivity contribution >= 4 is 32.8 Å². The van der Waals surface area contributed by atoms with Crippen LogP contribution in [0.5, 0.6) is 11.5 Å². The number of sulfonamides is 1. The fourth-order valence-electron chi connectivity index (χ4n) is 6.53. The number of hydrogen-bond donors (Lipinski definition) is 0. The number of fused-ring (bicyclic) bond motifs is 1. The molecular weight excluding hydrogens is 742 g/mol. The monoisotopic (exact) mass is 779 g/mol. The Morgan fingerprint density at radius 1 is 0.782 bits per heavy atom. The number of ether oxygens (including phenoxy) is 2. The number of rotatable bonds is 12. The molecule has 13 nitrogen and oxygen atoms in total. The minimum Gasteiger partial charge on any atom is -0.497 e. The first-order valence-electron chi connectivity index (χ1n) is 17.3. The van der Waals surface area contributed by atoms with E-state index in [1.165, 1.54) is 28.1 Å². The highest BCUT2D eigenvalue weighted by molar-refractivity contribution is 7.89. The smallest absolute Gasteiger partial charge is 0.333 e. The second kappa shape index (κ2) is 15.1. The van der Waals surface area contributed by atoms with E-state index in [4.69, 9.17) is 26.1 Å². The number of aryl methyl sites for hydroxylation is 1. The van der Waals surface area contributed by atoms with Gasteiger partial charge >= 0.3 is 5.69 Å². The third kappa shape index (κ3) is 7.07. The number of imidazole rings is 1. The molecule has 0 saturated heterocycles. The fourth-order valence-corrected chi connectivity index (χ4v) is 8.08. The minimum atomic E-state index is -4.03. The summed E-state index contributed by atoms with van der Waals surface area (Å²) < 4.78 is 46.5. The molecule has 7 aromatic rings. The van der Waals surface area contributed by atoms with E-state index >= 15 is 0 Å². The van der Waals surface area contributed by atoms with E-state index < -0.39 is 27.3 Å². The van der Waals surface area contributed by atoms with Crippen LogP contribution in [0.2, 0.25) is 5.02 Å². The Kier molecular flexibility index (Phi) is 10.2. The van der Waals surface area contributed by atoms with Crippen LogP contribution in [0.25, 0.3) is 28.4 Å². The Labute approximate surface area is 322 Å². The zero-order chi connectivity index (χ0) is 39.0. The summed E-state index contributed by atoms with van der Waals surface area (Å²) in [5.41, 5.74) is 2.65. The van der Waals surface area contributed by atoms with Gasteiger partial charge in [0.25, 0.3) is 5.56 Å². The molecule has 4 aromatic carbocycles. The summed E-state index contributed by atoms with van der Waals surface area (Å²) in [6, 6.07) is 29.0. The van der Waals surface area contributed by atoms with Crippen LogP contribution in [0.1, 0.15) is 29.7 Å². The Morgan fingerprint density at radius 2 is 1.35 bits per heavy atom. The molecule has 0 amide bonds. The SMILES string of the molecule is COc1ccc(CN(Cc2ccc(OC)cc2)S(=O)(=O)c2ccc(C(C)n3c(=O)n(C)c(=O)c4c3nc(-c3ccnn3C)n4-c3ccc(Cl)cc3)cc2)cc1. The normalized spacial score (nSPS) is 12.3. The minimum absolute atomic E-state index is 0.0777. The highest BCUT2D eigenvalue weighted by Gasteiger charge is 2.28. The second-order valence-electron chi connectivity index (χ2n) is 13.0. The highest BCUT2D eigenvalue weighted by Crippen LogP contribution is 2.30. The number of nitrogens with zero attached hydrogens (tertiary/aromatic N) is 7. The molecule has 3 heterocycles. The lowest BCUT2D eigenvalue weighted by Gasteiger charge is -2.23. The summed E-state index contributed by atoms with van der Waals surface area (Å²) in [5.74, 6) is 1.73. The second-order valence-corrected chi connectivity index (χ2v) is 15.4. The molecule has 282 valence electrons. The van der Waals surface area contributed by atoms with Crippen molar-refractivity contribution in [2.24, 2.45) is 14.1 Å². The van der Waals surface area contributed by atoms with Gasteiger partial charge in [0.05, 0.1) is 25.2 Å². The summed E-state index contributed by atoms with van der Waals surface area (Å²) in [4.78, 5) is 32.8. The zero-order valence-electron chi connectivity index (χ0n) is 30.8. The Hall–Kier alpha value is -5.96. The van der Waals surface area contributed by atoms with Gasteiger partial charge in [-0.3, -0.25) is 23.2 Å². The van der Waals surface area contributed by atoms with Crippen LogP contribution in [0.15, 0.2) is 124 Å². The van der Waals surface area contributed by atoms with Gasteiger partial charge < -0.3 is 9.47 Å². The lowest BCUT2D eigenvalue weighted by atomic mass is 10.1. The molecule has 55 heavy (non-hydrogen) atoms. The molecule has 0 aliphatic heterocycles. The van der Waals surface area contributed by atoms with E-state index in [0.29, 0.717) is 39.3 Å². The first kappa shape index (κ1) is 37.4. The van der Waals surface area contributed by atoms with E-state index in [1.54, 1.807) is 110 Å². The molecule has 0 fully saturated rings. The molecule has 0 spiro atoms. The van der Waals surface area contributed by atoms with Gasteiger partial charge in [0, 0.05) is 44.1 Å². The number of halogens is 1. The molecule has 7 rings (SSSR count). The van der Waals surface area contributed by atoms with Crippen molar-refractivity contribution < 1.29 is 17.9 Å². The van der Waals surface area contributed by atoms with Crippen LogP contribution in [-0.4, -0.2) is 55.4 Å². The van der Waals surface area contributed by atoms with Crippen molar-refractivity contribution in [1.82, 2.24) is 32.8 Å². The van der Waals surface area contributed by atoms with Crippen LogP contribution in [0.4, 0.5) is 0 Å². The molecule has 1 atom stereocenters. The maximum Gasteiger partial charge on any atom is 0.333 e. The van der Waals surface area contributed by atoms with E-state index in [2.05, 4.69) is 5.10 Å². The first-order chi connectivity index (χ1) is 26.4. The van der Waals surface area contributed by atoms with Crippen LogP contribution < -0.4 is 20.7 Å². The summed E-state index contributed by atoms with van der Waals surface area (Å²) in [7, 11) is 2.30. The number of aromatic nitrogens is 6. The van der Waals surface area contributed by atoms with Gasteiger partial charge in [-0.15, -0.1) is 0 Å². The van der Waals surface area contributed by atoms with Gasteiger partial charge in [-0.2, -0.15) is 9.40 Å². The third-order valence-corrected chi connectivity index (χ3v) is 11.7. The molecule has 0 bridgehead atoms. The topological polar surface area (TPSA) is 135 Å². The predicted octanol–water partition coefficient (Wildman–Crippen LogP) is 5.96. The molecular formula is C40H38ClN7O6S. The fraction of sp³-hybridized carbons (Fsp3) is 0.200. The standard InChI is InChI=1S/C40H38ClN7O6S/c1-26(47-38-36(39(49)44(2)40(47)50)48(31-14-12-30(41)13-15-31)37(43-38)35-22-23-42-45(35)3)29-10-20-34(21-11-29)55(51,52)46(24-27-6-16-32(53-4)17-7-27)25-28-8-18-33(54-5)19-9-28/h6-23,26H,24-25H2,1-5H3. The maximum atomic E-state index is 14.3. The van der Waals surface area contributed by atoms with Gasteiger partial charge in [0.15, 0.2) is 17.0 Å². The predicted molar refractivity (Wildman–Crippen MR) is 210 cm³/mol. The lowest BCUT2D eigenvalue weighted by molar-refractivity contribution is 0.397. The Bertz CT molecular complexity index is 2670. The molecule has 1 unspecified atom stereocenters. The maximum absolute atomic E-state index is 14.3. The molecule has 0 radical (unpaired) electrons. The van der Waals surface area contributed by atoms with E-state index in [9.17, 15) is 18.0 Å². The Balaban J connectivity index is 1.30. The van der Waals surface area contributed by atoms with Crippen molar-refractivity contribution in [3.8, 4) is 28.7 Å². The number of hydrogen-bond acceptors (Lipinski definition) is 8. The van der Waals surface area contributed by atoms with Gasteiger partial charge in [-0.25, -0.2) is 18.2 Å². The van der Waals surface area contributed by atoms with Crippen LogP contribution in [0.3, 0.4) is 0 Å². The molecule has 0 aliphatic carbocycles. The quantitative estimate of drug-likeness (QED) is 0.148. The zero-order valence-corrected chi connectivity index (χ0v) is 32.3. The van der Waals surface area contributed by atoms with Crippen LogP contribution in [-0.2, 0) is 37.2 Å². The summed E-state index contributed by atoms with van der Waals surface area (Å²) in [5, 5.41) is 4.82. The lowest BCUT2D eigenvalue weighted by Crippen LogP contribution is -2.40. The van der Waals surface area contributed by atoms with Gasteiger partial charge in [0.1, 0.15) is 17.2 Å². The van der Waals surface area contributed by atoms with Gasteiger partial charge in [0.2, 0.25) is 10.0 Å². The summed E-state index contributed by atoms with van der Waals surface area (Å²) in [6.45, 7) is 2.02. The van der Waals surface area contributed by atoms with E-state index in [-0.39, 0.29) is 29.1 Å². The Morgan fingerprint density at radius 3 is 1.85 bits per heavy atom. The highest BCUT2D eigenvalue weighted by atomic mass is 35.5. The molecule has 15 heteroatoms. The van der Waals surface area contributed by atoms with Crippen molar-refractivity contribution in [2.75, 3.05) is 14.2 Å². The van der Waals surface area contributed by atoms with Gasteiger partial charge in [-0.05, 0) is 90.3 Å². The number of benzene rings is 4. The average Bonchev–Trinajstić information content (AvgIpc) is 3.81. The average molecular weight is 780 g/mol. The van der Waals surface area contributed by atoms with Crippen molar-refractivity contribution in [1.29, 1.82) is 0 Å². The summed E-state index contributed by atoms with van der Waals surface area (Å²) in [6.07, 6.45) is 1.62. The van der Waals surface area contributed by atoms with Gasteiger partial charge in [-0.1, -0.05) is 48.0 Å². The summed E-state index contributed by atoms with van der Waals surface area (Å²) >= 11 is 6.22. The van der Waals surface area contributed by atoms with Crippen LogP contribution >= 0.6 is 11.6 Å². The molecule has 3 aromatic heterocycles. The molecule has 0 aliphatic rings. The van der Waals surface area contributed by atoms with Crippen molar-refractivity contribution in [2.45, 2.75) is 31.0 Å². The molecule has 0 saturated carbocycles. The van der Waals surface area contributed by atoms with E-state index in [1.807, 2.05) is 24.3 Å². The van der Waals surface area contributed by atoms with E-state index in [0.717, 1.165) is 15.7 Å². The molecule has 0 N–H and O–H groups in total. The van der Waals surface area contributed by atoms with Crippen LogP contribution in [0, 0.1) is 0 Å². The first-order valence-corrected chi connectivity index (χ1v) is 19.1.